The molecule has 1 unspecified atom stereocenters. The molecule has 104 valence electrons. The van der Waals surface area contributed by atoms with Gasteiger partial charge in [0.05, 0.1) is 13.2 Å². The Morgan fingerprint density at radius 2 is 1.95 bits per heavy atom. The molecule has 2 rings (SSSR count). The molecule has 1 aromatic carbocycles. The number of carbonyl (C=O) groups is 2. The highest BCUT2D eigenvalue weighted by atomic mass is 16.5. The van der Waals surface area contributed by atoms with Gasteiger partial charge in [-0.15, -0.1) is 0 Å². The number of aromatic carboxylic acids is 1. The number of carboxylic acid groups (broad SMARTS) is 1. The summed E-state index contributed by atoms with van der Waals surface area (Å²) in [7, 11) is 1.22. The minimum atomic E-state index is -1.14. The number of ether oxygens (including phenoxy) is 1. The third-order valence-electron chi connectivity index (χ3n) is 3.00. The predicted octanol–water partition coefficient (Wildman–Crippen LogP) is 1.98. The predicted molar refractivity (Wildman–Crippen MR) is 70.8 cm³/mol. The van der Waals surface area contributed by atoms with Gasteiger partial charge >= 0.3 is 11.9 Å². The van der Waals surface area contributed by atoms with Crippen LogP contribution < -0.4 is 0 Å². The van der Waals surface area contributed by atoms with E-state index in [1.54, 1.807) is 0 Å². The summed E-state index contributed by atoms with van der Waals surface area (Å²) in [5.74, 6) is -1.80. The molecule has 6 heteroatoms. The van der Waals surface area contributed by atoms with E-state index in [4.69, 9.17) is 0 Å². The van der Waals surface area contributed by atoms with Crippen LogP contribution in [0, 0.1) is 0 Å². The van der Waals surface area contributed by atoms with E-state index in [-0.39, 0.29) is 17.4 Å². The number of nitrogens with zero attached hydrogens (tertiary/aromatic N) is 2. The normalized spacial score (nSPS) is 11.9. The number of aromatic nitrogens is 2. The van der Waals surface area contributed by atoms with Crippen LogP contribution in [0.1, 0.15) is 39.5 Å². The number of methoxy groups -OCH3 is 1. The number of esters is 1. The zero-order chi connectivity index (χ0) is 14.7. The van der Waals surface area contributed by atoms with E-state index >= 15 is 0 Å². The van der Waals surface area contributed by atoms with Crippen LogP contribution in [0.15, 0.2) is 36.4 Å². The standard InChI is InChI=1S/C14H14N2O4/c1-9(10-6-4-3-5-7-10)16-12(13(17)18)8-11(15-16)14(19)20-2/h3-9H,1-2H3,(H,17,18). The molecule has 1 aromatic heterocycles. The van der Waals surface area contributed by atoms with Crippen LogP contribution in [0.25, 0.3) is 0 Å². The molecule has 0 spiro atoms. The highest BCUT2D eigenvalue weighted by Crippen LogP contribution is 2.20. The largest absolute Gasteiger partial charge is 0.477 e. The lowest BCUT2D eigenvalue weighted by Crippen LogP contribution is -2.15. The van der Waals surface area contributed by atoms with E-state index in [9.17, 15) is 14.7 Å². The van der Waals surface area contributed by atoms with Crippen LogP contribution in [0.5, 0.6) is 0 Å². The summed E-state index contributed by atoms with van der Waals surface area (Å²) in [6, 6.07) is 10.2. The maximum atomic E-state index is 11.5. The summed E-state index contributed by atoms with van der Waals surface area (Å²) >= 11 is 0. The average Bonchev–Trinajstić information content (AvgIpc) is 2.92. The second-order valence-corrected chi connectivity index (χ2v) is 4.24. The second kappa shape index (κ2) is 5.56. The van der Waals surface area contributed by atoms with Crippen molar-refractivity contribution in [2.45, 2.75) is 13.0 Å². The number of rotatable bonds is 4. The van der Waals surface area contributed by atoms with Crippen molar-refractivity contribution in [3.05, 3.63) is 53.3 Å². The molecule has 1 atom stereocenters. The Bertz CT molecular complexity index is 634. The molecule has 0 bridgehead atoms. The van der Waals surface area contributed by atoms with Gasteiger partial charge in [-0.3, -0.25) is 4.68 Å². The molecule has 0 amide bonds. The zero-order valence-electron chi connectivity index (χ0n) is 11.1. The van der Waals surface area contributed by atoms with E-state index in [1.165, 1.54) is 17.9 Å². The van der Waals surface area contributed by atoms with Gasteiger partial charge in [-0.05, 0) is 12.5 Å². The highest BCUT2D eigenvalue weighted by Gasteiger charge is 2.22. The number of carboxylic acids is 1. The number of benzene rings is 1. The van der Waals surface area contributed by atoms with Gasteiger partial charge in [-0.1, -0.05) is 30.3 Å². The lowest BCUT2D eigenvalue weighted by Gasteiger charge is -2.14. The topological polar surface area (TPSA) is 81.4 Å². The lowest BCUT2D eigenvalue weighted by molar-refractivity contribution is 0.0592. The first-order chi connectivity index (χ1) is 9.54. The molecule has 0 aliphatic carbocycles. The summed E-state index contributed by atoms with van der Waals surface area (Å²) in [5.41, 5.74) is 0.823. The van der Waals surface area contributed by atoms with Gasteiger partial charge in [0.25, 0.3) is 0 Å². The van der Waals surface area contributed by atoms with E-state index in [2.05, 4.69) is 9.84 Å². The van der Waals surface area contributed by atoms with Crippen molar-refractivity contribution in [1.29, 1.82) is 0 Å². The first kappa shape index (κ1) is 13.8. The van der Waals surface area contributed by atoms with Crippen molar-refractivity contribution in [1.82, 2.24) is 9.78 Å². The molecule has 0 fully saturated rings. The Morgan fingerprint density at radius 1 is 1.30 bits per heavy atom. The molecule has 0 aliphatic heterocycles. The fraction of sp³-hybridized carbons (Fsp3) is 0.214. The Hall–Kier alpha value is -2.63. The van der Waals surface area contributed by atoms with Gasteiger partial charge in [-0.25, -0.2) is 9.59 Å². The summed E-state index contributed by atoms with van der Waals surface area (Å²) in [6.07, 6.45) is 0. The molecule has 1 heterocycles. The van der Waals surface area contributed by atoms with Crippen molar-refractivity contribution in [3.63, 3.8) is 0 Å². The molecule has 6 nitrogen and oxygen atoms in total. The lowest BCUT2D eigenvalue weighted by atomic mass is 10.1. The SMILES string of the molecule is COC(=O)c1cc(C(=O)O)n(C(C)c2ccccc2)n1. The minimum Gasteiger partial charge on any atom is -0.477 e. The van der Waals surface area contributed by atoms with Crippen molar-refractivity contribution in [2.24, 2.45) is 0 Å². The molecular formula is C14H14N2O4. The van der Waals surface area contributed by atoms with Crippen molar-refractivity contribution < 1.29 is 19.4 Å². The quantitative estimate of drug-likeness (QED) is 0.862. The van der Waals surface area contributed by atoms with Gasteiger partial charge in [-0.2, -0.15) is 5.10 Å². The molecule has 0 saturated heterocycles. The summed E-state index contributed by atoms with van der Waals surface area (Å²) in [6.45, 7) is 1.82. The highest BCUT2D eigenvalue weighted by molar-refractivity contribution is 5.92. The Labute approximate surface area is 115 Å². The van der Waals surface area contributed by atoms with Gasteiger partial charge in [0.2, 0.25) is 0 Å². The molecule has 2 aromatic rings. The third kappa shape index (κ3) is 2.54. The summed E-state index contributed by atoms with van der Waals surface area (Å²) in [4.78, 5) is 22.7. The smallest absolute Gasteiger partial charge is 0.358 e. The van der Waals surface area contributed by atoms with Crippen molar-refractivity contribution in [2.75, 3.05) is 7.11 Å². The fourth-order valence-electron chi connectivity index (χ4n) is 1.93. The molecule has 0 radical (unpaired) electrons. The van der Waals surface area contributed by atoms with E-state index < -0.39 is 11.9 Å². The number of hydrogen-bond acceptors (Lipinski definition) is 4. The van der Waals surface area contributed by atoms with E-state index in [1.807, 2.05) is 37.3 Å². The van der Waals surface area contributed by atoms with E-state index in [0.29, 0.717) is 0 Å². The Morgan fingerprint density at radius 3 is 2.50 bits per heavy atom. The van der Waals surface area contributed by atoms with E-state index in [0.717, 1.165) is 5.56 Å². The second-order valence-electron chi connectivity index (χ2n) is 4.24. The fourth-order valence-corrected chi connectivity index (χ4v) is 1.93. The van der Waals surface area contributed by atoms with Crippen LogP contribution in [-0.4, -0.2) is 33.9 Å². The zero-order valence-corrected chi connectivity index (χ0v) is 11.1. The first-order valence-corrected chi connectivity index (χ1v) is 6.00. The molecular weight excluding hydrogens is 260 g/mol. The number of hydrogen-bond donors (Lipinski definition) is 1. The van der Waals surface area contributed by atoms with Gasteiger partial charge in [0.1, 0.15) is 5.69 Å². The van der Waals surface area contributed by atoms with Crippen LogP contribution >= 0.6 is 0 Å². The molecule has 0 saturated carbocycles. The van der Waals surface area contributed by atoms with Gasteiger partial charge in [0.15, 0.2) is 5.69 Å². The molecule has 20 heavy (non-hydrogen) atoms. The summed E-state index contributed by atoms with van der Waals surface area (Å²) < 4.78 is 5.87. The van der Waals surface area contributed by atoms with Crippen LogP contribution in [0.2, 0.25) is 0 Å². The first-order valence-electron chi connectivity index (χ1n) is 6.00. The average molecular weight is 274 g/mol. The van der Waals surface area contributed by atoms with Crippen LogP contribution in [0.4, 0.5) is 0 Å². The maximum absolute atomic E-state index is 11.5. The molecule has 0 aliphatic rings. The van der Waals surface area contributed by atoms with Crippen molar-refractivity contribution in [3.8, 4) is 0 Å². The minimum absolute atomic E-state index is 0.0207. The third-order valence-corrected chi connectivity index (χ3v) is 3.00. The van der Waals surface area contributed by atoms with Gasteiger partial charge in [0, 0.05) is 6.07 Å². The Kier molecular flexibility index (Phi) is 3.84. The monoisotopic (exact) mass is 274 g/mol. The Balaban J connectivity index is 2.47. The van der Waals surface area contributed by atoms with Crippen LogP contribution in [-0.2, 0) is 4.74 Å². The van der Waals surface area contributed by atoms with Gasteiger partial charge < -0.3 is 9.84 Å². The summed E-state index contributed by atoms with van der Waals surface area (Å²) in [5, 5.41) is 13.3. The number of carbonyl (C=O) groups excluding carboxylic acids is 1. The van der Waals surface area contributed by atoms with Crippen LogP contribution in [0.3, 0.4) is 0 Å². The maximum Gasteiger partial charge on any atom is 0.358 e. The van der Waals surface area contributed by atoms with Crippen molar-refractivity contribution >= 4 is 11.9 Å². The molecule has 1 N–H and O–H groups in total.